The smallest absolute Gasteiger partial charge is 0.244 e. The molecular weight excluding hydrogens is 243 g/mol. The number of benzene rings is 1. The van der Waals surface area contributed by atoms with E-state index < -0.39 is 5.38 Å². The first-order valence-electron chi connectivity index (χ1n) is 5.14. The van der Waals surface area contributed by atoms with E-state index in [0.717, 1.165) is 0 Å². The lowest BCUT2D eigenvalue weighted by Gasteiger charge is -2.22. The van der Waals surface area contributed by atoms with Crippen molar-refractivity contribution in [2.24, 2.45) is 0 Å². The number of nitriles is 1. The molecule has 1 amide bonds. The Balaban J connectivity index is 2.94. The lowest BCUT2D eigenvalue weighted by Crippen LogP contribution is -2.36. The number of hydrogen-bond acceptors (Lipinski definition) is 2. The topological polar surface area (TPSA) is 44.1 Å². The minimum Gasteiger partial charge on any atom is -0.310 e. The average molecular weight is 255 g/mol. The molecule has 1 aromatic carbocycles. The summed E-state index contributed by atoms with van der Waals surface area (Å²) in [5.41, 5.74) is 0.541. The summed E-state index contributed by atoms with van der Waals surface area (Å²) < 4.78 is 12.8. The van der Waals surface area contributed by atoms with E-state index in [-0.39, 0.29) is 24.7 Å². The molecule has 0 saturated heterocycles. The Morgan fingerprint density at radius 3 is 2.59 bits per heavy atom. The zero-order valence-corrected chi connectivity index (χ0v) is 10.1. The third-order valence-electron chi connectivity index (χ3n) is 2.19. The normalized spacial score (nSPS) is 11.6. The van der Waals surface area contributed by atoms with E-state index in [1.54, 1.807) is 6.92 Å². The van der Waals surface area contributed by atoms with Crippen LogP contribution in [0.3, 0.4) is 0 Å². The van der Waals surface area contributed by atoms with Gasteiger partial charge in [-0.25, -0.2) is 4.39 Å². The van der Waals surface area contributed by atoms with Gasteiger partial charge in [0.15, 0.2) is 0 Å². The molecule has 0 N–H and O–H groups in total. The lowest BCUT2D eigenvalue weighted by molar-refractivity contribution is -0.118. The van der Waals surface area contributed by atoms with E-state index in [1.807, 2.05) is 6.07 Å². The van der Waals surface area contributed by atoms with E-state index in [0.29, 0.717) is 5.69 Å². The van der Waals surface area contributed by atoms with E-state index in [1.165, 1.54) is 29.2 Å². The first kappa shape index (κ1) is 13.5. The van der Waals surface area contributed by atoms with Crippen molar-refractivity contribution in [2.45, 2.75) is 18.7 Å². The van der Waals surface area contributed by atoms with Crippen LogP contribution < -0.4 is 4.90 Å². The number of carbonyl (C=O) groups excluding carboxylic acids is 1. The highest BCUT2D eigenvalue weighted by Gasteiger charge is 2.19. The summed E-state index contributed by atoms with van der Waals surface area (Å²) in [6.07, 6.45) is 0.201. The molecule has 90 valence electrons. The van der Waals surface area contributed by atoms with Gasteiger partial charge in [0, 0.05) is 12.2 Å². The molecule has 0 bridgehead atoms. The standard InChI is InChI=1S/C12H12ClFN2O/c1-9(13)12(17)16(8-2-7-15)11-5-3-10(14)4-6-11/h3-6,9H,2,8H2,1H3. The van der Waals surface area contributed by atoms with Gasteiger partial charge in [-0.1, -0.05) is 0 Å². The molecule has 0 radical (unpaired) electrons. The van der Waals surface area contributed by atoms with E-state index >= 15 is 0 Å². The van der Waals surface area contributed by atoms with Gasteiger partial charge in [-0.2, -0.15) is 5.26 Å². The third-order valence-corrected chi connectivity index (χ3v) is 2.38. The van der Waals surface area contributed by atoms with Crippen molar-refractivity contribution in [1.29, 1.82) is 5.26 Å². The molecule has 17 heavy (non-hydrogen) atoms. The molecule has 5 heteroatoms. The molecule has 1 aromatic rings. The van der Waals surface area contributed by atoms with Crippen LogP contribution in [0.25, 0.3) is 0 Å². The molecule has 0 aliphatic heterocycles. The maximum Gasteiger partial charge on any atom is 0.244 e. The van der Waals surface area contributed by atoms with Gasteiger partial charge >= 0.3 is 0 Å². The van der Waals surface area contributed by atoms with Gasteiger partial charge < -0.3 is 4.90 Å². The SMILES string of the molecule is CC(Cl)C(=O)N(CCC#N)c1ccc(F)cc1. The zero-order chi connectivity index (χ0) is 12.8. The van der Waals surface area contributed by atoms with Gasteiger partial charge in [-0.3, -0.25) is 4.79 Å². The van der Waals surface area contributed by atoms with Crippen LogP contribution in [0.15, 0.2) is 24.3 Å². The van der Waals surface area contributed by atoms with Crippen molar-refractivity contribution in [3.8, 4) is 6.07 Å². The Kier molecular flexibility index (Phi) is 4.92. The molecule has 0 spiro atoms. The second-order valence-electron chi connectivity index (χ2n) is 3.49. The molecule has 3 nitrogen and oxygen atoms in total. The van der Waals surface area contributed by atoms with E-state index in [9.17, 15) is 9.18 Å². The van der Waals surface area contributed by atoms with Crippen LogP contribution in [0.4, 0.5) is 10.1 Å². The van der Waals surface area contributed by atoms with Gasteiger partial charge in [-0.05, 0) is 31.2 Å². The van der Waals surface area contributed by atoms with Crippen molar-refractivity contribution < 1.29 is 9.18 Å². The Morgan fingerprint density at radius 2 is 2.12 bits per heavy atom. The molecule has 0 fully saturated rings. The highest BCUT2D eigenvalue weighted by molar-refractivity contribution is 6.32. The van der Waals surface area contributed by atoms with E-state index in [4.69, 9.17) is 16.9 Å². The fourth-order valence-electron chi connectivity index (χ4n) is 1.36. The number of carbonyl (C=O) groups is 1. The fourth-order valence-corrected chi connectivity index (χ4v) is 1.48. The Labute approximate surface area is 104 Å². The van der Waals surface area contributed by atoms with E-state index in [2.05, 4.69) is 0 Å². The summed E-state index contributed by atoms with van der Waals surface area (Å²) >= 11 is 5.73. The van der Waals surface area contributed by atoms with Gasteiger partial charge in [0.05, 0.1) is 12.5 Å². The predicted octanol–water partition coefficient (Wildman–Crippen LogP) is 2.70. The van der Waals surface area contributed by atoms with Crippen molar-refractivity contribution in [1.82, 2.24) is 0 Å². The minimum absolute atomic E-state index is 0.201. The van der Waals surface area contributed by atoms with Gasteiger partial charge in [0.25, 0.3) is 0 Å². The molecule has 1 atom stereocenters. The first-order valence-corrected chi connectivity index (χ1v) is 5.58. The van der Waals surface area contributed by atoms with Crippen LogP contribution in [0.5, 0.6) is 0 Å². The molecule has 1 rings (SSSR count). The van der Waals surface area contributed by atoms with Crippen LogP contribution in [-0.4, -0.2) is 17.8 Å². The van der Waals surface area contributed by atoms with Crippen LogP contribution in [-0.2, 0) is 4.79 Å². The minimum atomic E-state index is -0.682. The summed E-state index contributed by atoms with van der Waals surface area (Å²) in [5, 5.41) is 7.86. The van der Waals surface area contributed by atoms with Crippen LogP contribution in [0.1, 0.15) is 13.3 Å². The molecular formula is C12H12ClFN2O. The quantitative estimate of drug-likeness (QED) is 0.776. The van der Waals surface area contributed by atoms with Gasteiger partial charge in [-0.15, -0.1) is 11.6 Å². The summed E-state index contributed by atoms with van der Waals surface area (Å²) in [6.45, 7) is 1.81. The summed E-state index contributed by atoms with van der Waals surface area (Å²) in [5.74, 6) is -0.672. The monoisotopic (exact) mass is 254 g/mol. The average Bonchev–Trinajstić information content (AvgIpc) is 2.31. The third kappa shape index (κ3) is 3.72. The first-order chi connectivity index (χ1) is 8.06. The highest BCUT2D eigenvalue weighted by Crippen LogP contribution is 2.17. The van der Waals surface area contributed by atoms with Gasteiger partial charge in [0.2, 0.25) is 5.91 Å². The van der Waals surface area contributed by atoms with Crippen molar-refractivity contribution in [3.63, 3.8) is 0 Å². The molecule has 1 unspecified atom stereocenters. The maximum absolute atomic E-state index is 12.8. The second-order valence-corrected chi connectivity index (χ2v) is 4.15. The second kappa shape index (κ2) is 6.21. The number of alkyl halides is 1. The molecule has 0 heterocycles. The number of rotatable bonds is 4. The molecule has 0 saturated carbocycles. The summed E-state index contributed by atoms with van der Waals surface area (Å²) in [6, 6.07) is 7.47. The molecule has 0 aliphatic carbocycles. The molecule has 0 aromatic heterocycles. The van der Waals surface area contributed by atoms with Crippen LogP contribution >= 0.6 is 11.6 Å². The highest BCUT2D eigenvalue weighted by atomic mass is 35.5. The predicted molar refractivity (Wildman–Crippen MR) is 64.3 cm³/mol. The van der Waals surface area contributed by atoms with Crippen LogP contribution in [0.2, 0.25) is 0 Å². The number of hydrogen-bond donors (Lipinski definition) is 0. The number of nitrogens with zero attached hydrogens (tertiary/aromatic N) is 2. The number of anilines is 1. The Morgan fingerprint density at radius 1 is 1.53 bits per heavy atom. The Hall–Kier alpha value is -1.60. The summed E-state index contributed by atoms with van der Waals surface area (Å²) in [4.78, 5) is 13.2. The maximum atomic E-state index is 12.8. The van der Waals surface area contributed by atoms with Gasteiger partial charge in [0.1, 0.15) is 11.2 Å². The zero-order valence-electron chi connectivity index (χ0n) is 9.36. The van der Waals surface area contributed by atoms with Crippen molar-refractivity contribution >= 4 is 23.2 Å². The number of halogens is 2. The molecule has 0 aliphatic rings. The fraction of sp³-hybridized carbons (Fsp3) is 0.333. The van der Waals surface area contributed by atoms with Crippen molar-refractivity contribution in [2.75, 3.05) is 11.4 Å². The number of amides is 1. The Bertz CT molecular complexity index is 425. The van der Waals surface area contributed by atoms with Crippen molar-refractivity contribution in [3.05, 3.63) is 30.1 Å². The van der Waals surface area contributed by atoms with Crippen LogP contribution in [0, 0.1) is 17.1 Å². The summed E-state index contributed by atoms with van der Waals surface area (Å²) in [7, 11) is 0. The lowest BCUT2D eigenvalue weighted by atomic mass is 10.2. The largest absolute Gasteiger partial charge is 0.310 e.